The molecule has 3 heterocycles. The van der Waals surface area contributed by atoms with Crippen LogP contribution in [0.3, 0.4) is 0 Å². The third-order valence-corrected chi connectivity index (χ3v) is 5.59. The third-order valence-electron chi connectivity index (χ3n) is 5.59. The lowest BCUT2D eigenvalue weighted by molar-refractivity contribution is -0.121. The van der Waals surface area contributed by atoms with Gasteiger partial charge < -0.3 is 15.6 Å². The van der Waals surface area contributed by atoms with Crippen molar-refractivity contribution in [3.8, 4) is 0 Å². The summed E-state index contributed by atoms with van der Waals surface area (Å²) in [4.78, 5) is 37.4. The van der Waals surface area contributed by atoms with E-state index in [2.05, 4.69) is 38.6 Å². The maximum Gasteiger partial charge on any atom is 0.294 e. The Morgan fingerprint density at radius 1 is 1.15 bits per heavy atom. The lowest BCUT2D eigenvalue weighted by atomic mass is 10.1. The number of nitrogens with one attached hydrogen (secondary N) is 3. The number of aryl methyl sites for hydroxylation is 2. The highest BCUT2D eigenvalue weighted by atomic mass is 16.2. The monoisotopic (exact) mass is 444 g/mol. The van der Waals surface area contributed by atoms with Gasteiger partial charge in [0.05, 0.1) is 24.0 Å². The number of carbonyl (C=O) groups is 1. The average molecular weight is 445 g/mol. The van der Waals surface area contributed by atoms with Crippen LogP contribution in [0.4, 0.5) is 11.5 Å². The molecule has 0 unspecified atom stereocenters. The van der Waals surface area contributed by atoms with Crippen molar-refractivity contribution in [3.05, 3.63) is 82.3 Å². The molecule has 0 saturated carbocycles. The number of carbonyl (C=O) groups excluding carboxylic acids is 1. The van der Waals surface area contributed by atoms with Crippen LogP contribution in [0.15, 0.2) is 59.8 Å². The Balaban J connectivity index is 1.46. The van der Waals surface area contributed by atoms with Gasteiger partial charge in [0.2, 0.25) is 5.91 Å². The minimum Gasteiger partial charge on any atom is -0.360 e. The summed E-state index contributed by atoms with van der Waals surface area (Å²) >= 11 is 0. The maximum absolute atomic E-state index is 13.1. The number of H-pyrrole nitrogens is 1. The molecule has 1 aromatic carbocycles. The van der Waals surface area contributed by atoms with E-state index in [1.54, 1.807) is 19.3 Å². The first-order valence-electron chi connectivity index (χ1n) is 11.1. The summed E-state index contributed by atoms with van der Waals surface area (Å²) in [6.07, 6.45) is 8.27. The van der Waals surface area contributed by atoms with Crippen molar-refractivity contribution in [2.45, 2.75) is 46.2 Å². The number of amides is 1. The fraction of sp³-hybridized carbons (Fsp3) is 0.280. The van der Waals surface area contributed by atoms with Crippen LogP contribution in [0.25, 0.3) is 10.9 Å². The molecule has 170 valence electrons. The van der Waals surface area contributed by atoms with Crippen LogP contribution in [0.2, 0.25) is 0 Å². The summed E-state index contributed by atoms with van der Waals surface area (Å²) in [6.45, 7) is 4.11. The molecular formula is C25H28N6O2. The van der Waals surface area contributed by atoms with Gasteiger partial charge in [-0.15, -0.1) is 0 Å². The van der Waals surface area contributed by atoms with Crippen molar-refractivity contribution >= 4 is 28.3 Å². The van der Waals surface area contributed by atoms with Crippen molar-refractivity contribution < 1.29 is 4.79 Å². The molecule has 0 radical (unpaired) electrons. The van der Waals surface area contributed by atoms with Gasteiger partial charge in [-0.1, -0.05) is 31.5 Å². The fourth-order valence-corrected chi connectivity index (χ4v) is 3.69. The highest BCUT2D eigenvalue weighted by Gasteiger charge is 2.13. The van der Waals surface area contributed by atoms with Crippen molar-refractivity contribution in [1.82, 2.24) is 24.8 Å². The minimum atomic E-state index is -0.331. The first-order chi connectivity index (χ1) is 16.0. The van der Waals surface area contributed by atoms with Crippen LogP contribution < -0.4 is 16.2 Å². The molecule has 0 spiro atoms. The fourth-order valence-electron chi connectivity index (χ4n) is 3.69. The molecule has 0 fully saturated rings. The van der Waals surface area contributed by atoms with Crippen molar-refractivity contribution in [1.29, 1.82) is 0 Å². The predicted molar refractivity (Wildman–Crippen MR) is 130 cm³/mol. The minimum absolute atomic E-state index is 0.0915. The van der Waals surface area contributed by atoms with E-state index in [0.717, 1.165) is 47.1 Å². The van der Waals surface area contributed by atoms with Gasteiger partial charge in [-0.25, -0.2) is 4.98 Å². The van der Waals surface area contributed by atoms with Gasteiger partial charge in [-0.2, -0.15) is 0 Å². The number of pyridine rings is 1. The molecule has 0 atom stereocenters. The summed E-state index contributed by atoms with van der Waals surface area (Å²) in [5, 5.41) is 7.05. The molecule has 0 aliphatic carbocycles. The third kappa shape index (κ3) is 5.28. The smallest absolute Gasteiger partial charge is 0.294 e. The molecule has 0 saturated heterocycles. The molecule has 4 rings (SSSR count). The van der Waals surface area contributed by atoms with E-state index in [9.17, 15) is 9.59 Å². The van der Waals surface area contributed by atoms with Crippen molar-refractivity contribution in [2.24, 2.45) is 0 Å². The Labute approximate surface area is 192 Å². The van der Waals surface area contributed by atoms with E-state index in [1.807, 2.05) is 36.5 Å². The van der Waals surface area contributed by atoms with Crippen LogP contribution in [0, 0.1) is 6.92 Å². The van der Waals surface area contributed by atoms with E-state index in [0.29, 0.717) is 5.69 Å². The van der Waals surface area contributed by atoms with Gasteiger partial charge >= 0.3 is 0 Å². The van der Waals surface area contributed by atoms with Crippen LogP contribution >= 0.6 is 0 Å². The first-order valence-corrected chi connectivity index (χ1v) is 11.1. The second-order valence-electron chi connectivity index (χ2n) is 8.04. The quantitative estimate of drug-likeness (QED) is 0.364. The van der Waals surface area contributed by atoms with E-state index < -0.39 is 0 Å². The van der Waals surface area contributed by atoms with Gasteiger partial charge in [0.15, 0.2) is 5.82 Å². The van der Waals surface area contributed by atoms with E-state index in [4.69, 9.17) is 0 Å². The van der Waals surface area contributed by atoms with Crippen molar-refractivity contribution in [3.63, 3.8) is 0 Å². The Morgan fingerprint density at radius 2 is 2.00 bits per heavy atom. The molecule has 4 aromatic rings. The molecule has 3 aromatic heterocycles. The molecule has 3 N–H and O–H groups in total. The predicted octanol–water partition coefficient (Wildman–Crippen LogP) is 3.83. The second kappa shape index (κ2) is 10.1. The summed E-state index contributed by atoms with van der Waals surface area (Å²) in [7, 11) is 0. The number of benzene rings is 1. The second-order valence-corrected chi connectivity index (χ2v) is 8.04. The molecule has 0 aliphatic rings. The topological polar surface area (TPSA) is 105 Å². The lowest BCUT2D eigenvalue weighted by Gasteiger charge is -2.14. The van der Waals surface area contributed by atoms with Crippen molar-refractivity contribution in [2.75, 3.05) is 5.32 Å². The molecule has 33 heavy (non-hydrogen) atoms. The number of aromatic nitrogens is 4. The molecular weight excluding hydrogens is 416 g/mol. The summed E-state index contributed by atoms with van der Waals surface area (Å²) in [6, 6.07) is 11.8. The largest absolute Gasteiger partial charge is 0.360 e. The summed E-state index contributed by atoms with van der Waals surface area (Å²) < 4.78 is 1.43. The highest BCUT2D eigenvalue weighted by Crippen LogP contribution is 2.20. The maximum atomic E-state index is 13.1. The first kappa shape index (κ1) is 22.3. The number of fused-ring (bicyclic) bond motifs is 1. The number of nitrogens with zero attached hydrogens (tertiary/aromatic N) is 3. The molecule has 0 aliphatic heterocycles. The van der Waals surface area contributed by atoms with Gasteiger partial charge in [-0.05, 0) is 43.5 Å². The highest BCUT2D eigenvalue weighted by molar-refractivity contribution is 5.79. The van der Waals surface area contributed by atoms with E-state index in [-0.39, 0.29) is 30.4 Å². The number of anilines is 2. The Hall–Kier alpha value is -3.94. The Kier molecular flexibility index (Phi) is 6.83. The zero-order valence-electron chi connectivity index (χ0n) is 18.9. The lowest BCUT2D eigenvalue weighted by Crippen LogP contribution is -2.34. The number of rotatable bonds is 9. The van der Waals surface area contributed by atoms with Gasteiger partial charge in [-0.3, -0.25) is 19.1 Å². The zero-order chi connectivity index (χ0) is 23.2. The molecule has 8 heteroatoms. The SMILES string of the molecule is CCCCc1ccccc1Nc1ncc(C)n(CC(=O)NCc2cc3cc[nH]c3cn2)c1=O. The molecule has 0 bridgehead atoms. The molecule has 1 amide bonds. The zero-order valence-corrected chi connectivity index (χ0v) is 18.9. The average Bonchev–Trinajstić information content (AvgIpc) is 3.29. The summed E-state index contributed by atoms with van der Waals surface area (Å²) in [5.74, 6) is -0.0615. The standard InChI is InChI=1S/C25H28N6O2/c1-3-4-7-18-8-5-6-9-21(18)30-24-25(33)31(17(2)13-29-24)16-23(32)28-14-20-12-19-10-11-26-22(19)15-27-20/h5-6,8-13,15,26H,3-4,7,14,16H2,1-2H3,(H,28,32)(H,29,30). The van der Waals surface area contributed by atoms with Crippen LogP contribution in [0.1, 0.15) is 36.7 Å². The Bertz CT molecular complexity index is 1320. The van der Waals surface area contributed by atoms with Crippen LogP contribution in [-0.2, 0) is 24.3 Å². The normalized spacial score (nSPS) is 11.0. The van der Waals surface area contributed by atoms with E-state index >= 15 is 0 Å². The number of hydrogen-bond acceptors (Lipinski definition) is 5. The Morgan fingerprint density at radius 3 is 2.85 bits per heavy atom. The van der Waals surface area contributed by atoms with Gasteiger partial charge in [0, 0.05) is 29.2 Å². The summed E-state index contributed by atoms with van der Waals surface area (Å²) in [5.41, 5.74) is 3.98. The number of para-hydroxylation sites is 1. The number of hydrogen-bond donors (Lipinski definition) is 3. The van der Waals surface area contributed by atoms with Gasteiger partial charge in [0.1, 0.15) is 6.54 Å². The van der Waals surface area contributed by atoms with Gasteiger partial charge in [0.25, 0.3) is 5.56 Å². The van der Waals surface area contributed by atoms with Crippen LogP contribution in [0.5, 0.6) is 0 Å². The van der Waals surface area contributed by atoms with Crippen LogP contribution in [-0.4, -0.2) is 25.4 Å². The number of unbranched alkanes of at least 4 members (excludes halogenated alkanes) is 1. The number of aromatic amines is 1. The van der Waals surface area contributed by atoms with E-state index in [1.165, 1.54) is 4.57 Å². The molecule has 8 nitrogen and oxygen atoms in total.